The van der Waals surface area contributed by atoms with Crippen molar-refractivity contribution in [2.24, 2.45) is 5.73 Å². The third-order valence-corrected chi connectivity index (χ3v) is 2.15. The minimum Gasteiger partial charge on any atom is -0.480 e. The lowest BCUT2D eigenvalue weighted by atomic mass is 10.3. The predicted octanol–water partition coefficient (Wildman–Crippen LogP) is -2.32. The maximum Gasteiger partial charge on any atom is 0.322 e. The summed E-state index contributed by atoms with van der Waals surface area (Å²) in [5.41, 5.74) is 5.00. The van der Waals surface area contributed by atoms with Gasteiger partial charge in [-0.1, -0.05) is 0 Å². The van der Waals surface area contributed by atoms with Crippen LogP contribution in [0.2, 0.25) is 0 Å². The van der Waals surface area contributed by atoms with Crippen LogP contribution in [0.4, 0.5) is 0 Å². The third-order valence-electron chi connectivity index (χ3n) is 2.15. The molecule has 1 aromatic heterocycles. The van der Waals surface area contributed by atoms with Gasteiger partial charge in [0.15, 0.2) is 5.82 Å². The minimum atomic E-state index is -1.13. The van der Waals surface area contributed by atoms with E-state index in [1.807, 2.05) is 0 Å². The molecule has 0 spiro atoms. The van der Waals surface area contributed by atoms with Gasteiger partial charge in [0.05, 0.1) is 6.42 Å². The number of primary amides is 1. The number of nitrogens with two attached hydrogens (primary N) is 1. The van der Waals surface area contributed by atoms with Crippen molar-refractivity contribution in [3.05, 3.63) is 5.82 Å². The van der Waals surface area contributed by atoms with E-state index in [-0.39, 0.29) is 12.8 Å². The Labute approximate surface area is 108 Å². The Hall–Kier alpha value is -2.52. The average Bonchev–Trinajstić information content (AvgIpc) is 2.74. The molecule has 10 nitrogen and oxygen atoms in total. The Bertz CT molecular complexity index is 471. The van der Waals surface area contributed by atoms with E-state index in [1.165, 1.54) is 4.68 Å². The van der Waals surface area contributed by atoms with E-state index in [2.05, 4.69) is 20.8 Å². The van der Waals surface area contributed by atoms with Crippen LogP contribution in [-0.4, -0.2) is 49.6 Å². The Morgan fingerprint density at radius 1 is 1.37 bits per heavy atom. The molecule has 0 radical (unpaired) electrons. The molecule has 1 aromatic rings. The van der Waals surface area contributed by atoms with Gasteiger partial charge in [0.25, 0.3) is 0 Å². The van der Waals surface area contributed by atoms with Gasteiger partial charge in [0.2, 0.25) is 11.8 Å². The number of rotatable bonds is 8. The first-order chi connectivity index (χ1) is 8.99. The summed E-state index contributed by atoms with van der Waals surface area (Å²) in [6, 6.07) is 0. The van der Waals surface area contributed by atoms with Crippen LogP contribution in [0.25, 0.3) is 0 Å². The first-order valence-electron chi connectivity index (χ1n) is 5.51. The van der Waals surface area contributed by atoms with Gasteiger partial charge >= 0.3 is 5.97 Å². The fourth-order valence-electron chi connectivity index (χ4n) is 1.31. The van der Waals surface area contributed by atoms with Gasteiger partial charge in [-0.05, 0) is 16.8 Å². The van der Waals surface area contributed by atoms with Crippen LogP contribution in [0.1, 0.15) is 18.7 Å². The third kappa shape index (κ3) is 5.57. The molecule has 0 saturated heterocycles. The number of tetrazole rings is 1. The molecular formula is C9H14N6O4. The molecule has 0 unspecified atom stereocenters. The lowest BCUT2D eigenvalue weighted by Crippen LogP contribution is -2.31. The van der Waals surface area contributed by atoms with Crippen LogP contribution in [0.3, 0.4) is 0 Å². The van der Waals surface area contributed by atoms with E-state index in [0.29, 0.717) is 18.8 Å². The summed E-state index contributed by atoms with van der Waals surface area (Å²) >= 11 is 0. The van der Waals surface area contributed by atoms with E-state index in [1.54, 1.807) is 0 Å². The second kappa shape index (κ2) is 7.03. The summed E-state index contributed by atoms with van der Waals surface area (Å²) in [6.07, 6.45) is 0.533. The lowest BCUT2D eigenvalue weighted by Gasteiger charge is -2.04. The van der Waals surface area contributed by atoms with E-state index in [9.17, 15) is 14.4 Å². The zero-order valence-electron chi connectivity index (χ0n) is 10.1. The summed E-state index contributed by atoms with van der Waals surface area (Å²) in [6.45, 7) is -0.0977. The van der Waals surface area contributed by atoms with Crippen LogP contribution in [0.15, 0.2) is 0 Å². The molecule has 0 saturated carbocycles. The monoisotopic (exact) mass is 270 g/mol. The fourth-order valence-corrected chi connectivity index (χ4v) is 1.31. The van der Waals surface area contributed by atoms with Gasteiger partial charge in [-0.25, -0.2) is 4.68 Å². The number of aromatic nitrogens is 4. The molecule has 2 amide bonds. The van der Waals surface area contributed by atoms with Crippen molar-refractivity contribution in [2.45, 2.75) is 25.8 Å². The van der Waals surface area contributed by atoms with Crippen molar-refractivity contribution in [3.8, 4) is 0 Å². The first kappa shape index (κ1) is 14.5. The van der Waals surface area contributed by atoms with Gasteiger partial charge in [-0.3, -0.25) is 14.4 Å². The van der Waals surface area contributed by atoms with E-state index in [4.69, 9.17) is 10.8 Å². The van der Waals surface area contributed by atoms with Crippen molar-refractivity contribution in [1.29, 1.82) is 0 Å². The van der Waals surface area contributed by atoms with E-state index < -0.39 is 24.3 Å². The highest BCUT2D eigenvalue weighted by Crippen LogP contribution is 1.98. The molecule has 0 bridgehead atoms. The van der Waals surface area contributed by atoms with Crippen molar-refractivity contribution in [3.63, 3.8) is 0 Å². The Kier molecular flexibility index (Phi) is 5.38. The molecule has 0 atom stereocenters. The van der Waals surface area contributed by atoms with Crippen LogP contribution >= 0.6 is 0 Å². The Morgan fingerprint density at radius 3 is 2.74 bits per heavy atom. The number of carbonyl (C=O) groups excluding carboxylic acids is 2. The highest BCUT2D eigenvalue weighted by Gasteiger charge is 2.12. The zero-order valence-corrected chi connectivity index (χ0v) is 10.1. The van der Waals surface area contributed by atoms with Crippen LogP contribution in [0, 0.1) is 0 Å². The highest BCUT2D eigenvalue weighted by molar-refractivity contribution is 5.82. The molecule has 104 valence electrons. The van der Waals surface area contributed by atoms with Crippen LogP contribution < -0.4 is 11.1 Å². The molecule has 0 aliphatic rings. The predicted molar refractivity (Wildman–Crippen MR) is 60.6 cm³/mol. The number of carboxylic acids is 1. The highest BCUT2D eigenvalue weighted by atomic mass is 16.4. The SMILES string of the molecule is NC(=O)CCCn1nnnc1CC(=O)NCC(=O)O. The van der Waals surface area contributed by atoms with E-state index in [0.717, 1.165) is 0 Å². The van der Waals surface area contributed by atoms with Gasteiger partial charge < -0.3 is 16.2 Å². The summed E-state index contributed by atoms with van der Waals surface area (Å²) in [5, 5.41) is 21.4. The molecule has 4 N–H and O–H groups in total. The quantitative estimate of drug-likeness (QED) is 0.479. The van der Waals surface area contributed by atoms with E-state index >= 15 is 0 Å². The van der Waals surface area contributed by atoms with Crippen molar-refractivity contribution >= 4 is 17.8 Å². The number of carbonyl (C=O) groups is 3. The lowest BCUT2D eigenvalue weighted by molar-refractivity contribution is -0.137. The summed E-state index contributed by atoms with van der Waals surface area (Å²) in [4.78, 5) is 32.2. The molecule has 0 aliphatic carbocycles. The van der Waals surface area contributed by atoms with Crippen LogP contribution in [0.5, 0.6) is 0 Å². The molecule has 1 rings (SSSR count). The minimum absolute atomic E-state index is 0.128. The number of nitrogens with zero attached hydrogens (tertiary/aromatic N) is 4. The molecule has 10 heteroatoms. The number of aryl methyl sites for hydroxylation is 1. The number of amides is 2. The van der Waals surface area contributed by atoms with Crippen molar-refractivity contribution in [1.82, 2.24) is 25.5 Å². The molecular weight excluding hydrogens is 256 g/mol. The zero-order chi connectivity index (χ0) is 14.3. The average molecular weight is 270 g/mol. The standard InChI is InChI=1S/C9H14N6O4/c10-6(16)2-1-3-15-7(12-13-14-15)4-8(17)11-5-9(18)19/h1-5H2,(H2,10,16)(H,11,17)(H,18,19). The Morgan fingerprint density at radius 2 is 2.11 bits per heavy atom. The molecule has 0 aromatic carbocycles. The smallest absolute Gasteiger partial charge is 0.322 e. The summed E-state index contributed by atoms with van der Waals surface area (Å²) in [5.74, 6) is -1.75. The topological polar surface area (TPSA) is 153 Å². The van der Waals surface area contributed by atoms with Gasteiger partial charge in [-0.15, -0.1) is 5.10 Å². The van der Waals surface area contributed by atoms with Crippen molar-refractivity contribution in [2.75, 3.05) is 6.54 Å². The van der Waals surface area contributed by atoms with Gasteiger partial charge in [0.1, 0.15) is 6.54 Å². The Balaban J connectivity index is 2.45. The number of carboxylic acid groups (broad SMARTS) is 1. The second-order valence-electron chi connectivity index (χ2n) is 3.74. The molecule has 1 heterocycles. The number of aliphatic carboxylic acids is 1. The molecule has 19 heavy (non-hydrogen) atoms. The van der Waals surface area contributed by atoms with Crippen molar-refractivity contribution < 1.29 is 19.5 Å². The number of nitrogens with one attached hydrogen (secondary N) is 1. The van der Waals surface area contributed by atoms with Gasteiger partial charge in [0, 0.05) is 13.0 Å². The number of hydrogen-bond acceptors (Lipinski definition) is 6. The van der Waals surface area contributed by atoms with Crippen LogP contribution in [-0.2, 0) is 27.3 Å². The fraction of sp³-hybridized carbons (Fsp3) is 0.556. The maximum atomic E-state index is 11.4. The first-order valence-corrected chi connectivity index (χ1v) is 5.51. The maximum absolute atomic E-state index is 11.4. The van der Waals surface area contributed by atoms with Gasteiger partial charge in [-0.2, -0.15) is 0 Å². The second-order valence-corrected chi connectivity index (χ2v) is 3.74. The largest absolute Gasteiger partial charge is 0.480 e. The number of hydrogen-bond donors (Lipinski definition) is 3. The normalized spacial score (nSPS) is 10.1. The molecule has 0 fully saturated rings. The summed E-state index contributed by atoms with van der Waals surface area (Å²) < 4.78 is 1.38. The summed E-state index contributed by atoms with van der Waals surface area (Å²) in [7, 11) is 0. The molecule has 0 aliphatic heterocycles.